The molecule has 3 rings (SSSR count). The number of aliphatic hydroxyl groups is 1. The third kappa shape index (κ3) is 3.10. The molecule has 0 saturated heterocycles. The molecule has 8 nitrogen and oxygen atoms in total. The Balaban J connectivity index is 1.81. The van der Waals surface area contributed by atoms with E-state index in [-0.39, 0.29) is 12.0 Å². The molecule has 8 heteroatoms. The zero-order chi connectivity index (χ0) is 14.7. The summed E-state index contributed by atoms with van der Waals surface area (Å²) in [5.41, 5.74) is 0.000146. The highest BCUT2D eigenvalue weighted by Crippen LogP contribution is 2.44. The van der Waals surface area contributed by atoms with Crippen molar-refractivity contribution in [2.75, 3.05) is 30.3 Å². The van der Waals surface area contributed by atoms with Gasteiger partial charge in [-0.3, -0.25) is 4.57 Å². The van der Waals surface area contributed by atoms with E-state index in [4.69, 9.17) is 0 Å². The Hall–Kier alpha value is -2.22. The first-order valence-corrected chi connectivity index (χ1v) is 7.08. The van der Waals surface area contributed by atoms with Crippen molar-refractivity contribution in [2.45, 2.75) is 19.8 Å². The van der Waals surface area contributed by atoms with Gasteiger partial charge < -0.3 is 15.7 Å². The quantitative estimate of drug-likeness (QED) is 0.688. The first kappa shape index (κ1) is 13.7. The molecule has 2 aromatic rings. The Morgan fingerprint density at radius 1 is 1.24 bits per heavy atom. The van der Waals surface area contributed by atoms with Gasteiger partial charge >= 0.3 is 0 Å². The maximum Gasteiger partial charge on any atom is 0.241 e. The summed E-state index contributed by atoms with van der Waals surface area (Å²) >= 11 is 0. The van der Waals surface area contributed by atoms with Crippen LogP contribution < -0.4 is 10.6 Å². The molecule has 0 spiro atoms. The number of anilines is 2. The van der Waals surface area contributed by atoms with E-state index < -0.39 is 0 Å². The number of rotatable bonds is 7. The fourth-order valence-electron chi connectivity index (χ4n) is 2.01. The average molecular weight is 289 g/mol. The molecule has 0 atom stereocenters. The standard InChI is InChI=1S/C13H19N7O/c1-2-15-10-17-11(16-7-13(8-21)3-4-13)19-12(18-10)20-6-5-14-9-20/h5-6,9,21H,2-4,7-8H2,1H3,(H2,15,16,17,18,19). The van der Waals surface area contributed by atoms with Crippen LogP contribution in [0.3, 0.4) is 0 Å². The van der Waals surface area contributed by atoms with Gasteiger partial charge in [0.15, 0.2) is 0 Å². The highest BCUT2D eigenvalue weighted by Gasteiger charge is 2.41. The molecule has 0 aliphatic heterocycles. The highest BCUT2D eigenvalue weighted by atomic mass is 16.3. The van der Waals surface area contributed by atoms with E-state index in [0.717, 1.165) is 19.4 Å². The minimum absolute atomic E-state index is 0.000146. The number of hydrogen-bond acceptors (Lipinski definition) is 7. The number of hydrogen-bond donors (Lipinski definition) is 3. The molecule has 0 unspecified atom stereocenters. The Bertz CT molecular complexity index is 595. The lowest BCUT2D eigenvalue weighted by Gasteiger charge is -2.14. The Labute approximate surface area is 122 Å². The largest absolute Gasteiger partial charge is 0.396 e. The first-order valence-electron chi connectivity index (χ1n) is 7.08. The normalized spacial score (nSPS) is 15.7. The van der Waals surface area contributed by atoms with Crippen LogP contribution in [0.1, 0.15) is 19.8 Å². The van der Waals surface area contributed by atoms with Gasteiger partial charge in [0, 0.05) is 30.9 Å². The predicted molar refractivity (Wildman–Crippen MR) is 78.4 cm³/mol. The summed E-state index contributed by atoms with van der Waals surface area (Å²) in [5.74, 6) is 1.53. The van der Waals surface area contributed by atoms with Gasteiger partial charge in [-0.1, -0.05) is 0 Å². The van der Waals surface area contributed by atoms with Crippen LogP contribution in [0.2, 0.25) is 0 Å². The van der Waals surface area contributed by atoms with Gasteiger partial charge in [0.05, 0.1) is 6.61 Å². The van der Waals surface area contributed by atoms with Crippen LogP contribution in [-0.4, -0.2) is 49.3 Å². The number of nitrogens with one attached hydrogen (secondary N) is 2. The minimum atomic E-state index is 0.000146. The van der Waals surface area contributed by atoms with Gasteiger partial charge in [0.25, 0.3) is 0 Å². The van der Waals surface area contributed by atoms with Crippen molar-refractivity contribution in [3.8, 4) is 5.95 Å². The summed E-state index contributed by atoms with van der Waals surface area (Å²) in [6.07, 6.45) is 7.18. The monoisotopic (exact) mass is 289 g/mol. The minimum Gasteiger partial charge on any atom is -0.396 e. The maximum atomic E-state index is 9.36. The summed E-state index contributed by atoms with van der Waals surface area (Å²) in [7, 11) is 0. The molecule has 0 aromatic carbocycles. The molecule has 1 fully saturated rings. The van der Waals surface area contributed by atoms with Crippen molar-refractivity contribution in [1.82, 2.24) is 24.5 Å². The fourth-order valence-corrected chi connectivity index (χ4v) is 2.01. The van der Waals surface area contributed by atoms with Crippen molar-refractivity contribution in [3.05, 3.63) is 18.7 Å². The lowest BCUT2D eigenvalue weighted by molar-refractivity contribution is 0.219. The molecule has 1 aliphatic carbocycles. The molecule has 1 aliphatic rings. The lowest BCUT2D eigenvalue weighted by Crippen LogP contribution is -2.21. The molecular formula is C13H19N7O. The third-order valence-corrected chi connectivity index (χ3v) is 3.61. The van der Waals surface area contributed by atoms with Crippen LogP contribution in [0.5, 0.6) is 0 Å². The van der Waals surface area contributed by atoms with E-state index >= 15 is 0 Å². The number of aromatic nitrogens is 5. The Morgan fingerprint density at radius 2 is 2.00 bits per heavy atom. The smallest absolute Gasteiger partial charge is 0.241 e. The van der Waals surface area contributed by atoms with Gasteiger partial charge in [-0.2, -0.15) is 15.0 Å². The molecule has 0 amide bonds. The fraction of sp³-hybridized carbons (Fsp3) is 0.538. The van der Waals surface area contributed by atoms with Gasteiger partial charge in [0.2, 0.25) is 17.8 Å². The van der Waals surface area contributed by atoms with Crippen LogP contribution in [0.25, 0.3) is 5.95 Å². The zero-order valence-corrected chi connectivity index (χ0v) is 12.0. The Morgan fingerprint density at radius 3 is 2.57 bits per heavy atom. The zero-order valence-electron chi connectivity index (χ0n) is 12.0. The SMILES string of the molecule is CCNc1nc(NCC2(CO)CC2)nc(-n2ccnc2)n1. The van der Waals surface area contributed by atoms with E-state index in [9.17, 15) is 5.11 Å². The van der Waals surface area contributed by atoms with Crippen molar-refractivity contribution in [1.29, 1.82) is 0 Å². The van der Waals surface area contributed by atoms with E-state index in [1.54, 1.807) is 23.3 Å². The number of aliphatic hydroxyl groups excluding tert-OH is 1. The second-order valence-electron chi connectivity index (χ2n) is 5.29. The molecule has 0 bridgehead atoms. The summed E-state index contributed by atoms with van der Waals surface area (Å²) in [6.45, 7) is 3.58. The van der Waals surface area contributed by atoms with Crippen LogP contribution >= 0.6 is 0 Å². The lowest BCUT2D eigenvalue weighted by atomic mass is 10.1. The van der Waals surface area contributed by atoms with E-state index in [0.29, 0.717) is 24.4 Å². The molecule has 0 radical (unpaired) electrons. The van der Waals surface area contributed by atoms with Crippen LogP contribution in [0.4, 0.5) is 11.9 Å². The molecular weight excluding hydrogens is 270 g/mol. The molecule has 2 aromatic heterocycles. The van der Waals surface area contributed by atoms with Crippen LogP contribution in [-0.2, 0) is 0 Å². The molecule has 2 heterocycles. The third-order valence-electron chi connectivity index (χ3n) is 3.61. The second kappa shape index (κ2) is 5.65. The van der Waals surface area contributed by atoms with E-state index in [1.807, 2.05) is 6.92 Å². The predicted octanol–water partition coefficient (Wildman–Crippen LogP) is 0.673. The molecule has 1 saturated carbocycles. The van der Waals surface area contributed by atoms with Crippen molar-refractivity contribution in [3.63, 3.8) is 0 Å². The van der Waals surface area contributed by atoms with Crippen molar-refractivity contribution < 1.29 is 5.11 Å². The molecule has 3 N–H and O–H groups in total. The van der Waals surface area contributed by atoms with Crippen LogP contribution in [0.15, 0.2) is 18.7 Å². The van der Waals surface area contributed by atoms with E-state index in [1.165, 1.54) is 0 Å². The molecule has 112 valence electrons. The molecule has 21 heavy (non-hydrogen) atoms. The average Bonchev–Trinajstić information content (AvgIpc) is 3.07. The number of imidazole rings is 1. The summed E-state index contributed by atoms with van der Waals surface area (Å²) in [5, 5.41) is 15.7. The summed E-state index contributed by atoms with van der Waals surface area (Å²) < 4.78 is 1.73. The topological polar surface area (TPSA) is 101 Å². The first-order chi connectivity index (χ1) is 10.2. The van der Waals surface area contributed by atoms with Gasteiger partial charge in [0.1, 0.15) is 6.33 Å². The number of nitrogens with zero attached hydrogens (tertiary/aromatic N) is 5. The Kier molecular flexibility index (Phi) is 3.70. The van der Waals surface area contributed by atoms with Gasteiger partial charge in [-0.05, 0) is 19.8 Å². The van der Waals surface area contributed by atoms with Crippen molar-refractivity contribution >= 4 is 11.9 Å². The van der Waals surface area contributed by atoms with Gasteiger partial charge in [-0.25, -0.2) is 4.98 Å². The van der Waals surface area contributed by atoms with E-state index in [2.05, 4.69) is 30.6 Å². The maximum absolute atomic E-state index is 9.36. The van der Waals surface area contributed by atoms with Gasteiger partial charge in [-0.15, -0.1) is 0 Å². The highest BCUT2D eigenvalue weighted by molar-refractivity contribution is 5.38. The van der Waals surface area contributed by atoms with Crippen LogP contribution in [0, 0.1) is 5.41 Å². The summed E-state index contributed by atoms with van der Waals surface area (Å²) in [4.78, 5) is 17.1. The second-order valence-corrected chi connectivity index (χ2v) is 5.29. The van der Waals surface area contributed by atoms with Crippen molar-refractivity contribution in [2.24, 2.45) is 5.41 Å². The summed E-state index contributed by atoms with van der Waals surface area (Å²) in [6, 6.07) is 0.